The van der Waals surface area contributed by atoms with Crippen molar-refractivity contribution < 1.29 is 9.53 Å². The Labute approximate surface area is 144 Å². The number of hydrogen-bond donors (Lipinski definition) is 1. The van der Waals surface area contributed by atoms with E-state index in [1.54, 1.807) is 7.11 Å². The molecule has 0 radical (unpaired) electrons. The third kappa shape index (κ3) is 3.30. The molecule has 3 atom stereocenters. The minimum absolute atomic E-state index is 0.252. The summed E-state index contributed by atoms with van der Waals surface area (Å²) in [5, 5.41) is 3.26. The molecule has 4 rings (SSSR count). The fraction of sp³-hybridized carbons (Fsp3) is 0.650. The molecule has 3 aliphatic rings. The van der Waals surface area contributed by atoms with Crippen LogP contribution < -0.4 is 10.1 Å². The van der Waals surface area contributed by atoms with E-state index in [0.717, 1.165) is 43.5 Å². The van der Waals surface area contributed by atoms with Crippen molar-refractivity contribution in [3.63, 3.8) is 0 Å². The number of benzene rings is 1. The Bertz CT molecular complexity index is 587. The van der Waals surface area contributed by atoms with Gasteiger partial charge >= 0.3 is 0 Å². The first kappa shape index (κ1) is 15.9. The van der Waals surface area contributed by atoms with Crippen LogP contribution in [0, 0.1) is 17.8 Å². The van der Waals surface area contributed by atoms with E-state index in [9.17, 15) is 4.79 Å². The van der Waals surface area contributed by atoms with Gasteiger partial charge < -0.3 is 10.1 Å². The zero-order valence-corrected chi connectivity index (χ0v) is 14.5. The van der Waals surface area contributed by atoms with Gasteiger partial charge in [0.05, 0.1) is 13.2 Å². The third-order valence-electron chi connectivity index (χ3n) is 6.14. The van der Waals surface area contributed by atoms with E-state index in [-0.39, 0.29) is 17.9 Å². The molecule has 1 heterocycles. The summed E-state index contributed by atoms with van der Waals surface area (Å²) in [4.78, 5) is 15.0. The summed E-state index contributed by atoms with van der Waals surface area (Å²) in [7, 11) is 1.71. The number of likely N-dealkylation sites (tertiary alicyclic amines) is 1. The molecule has 1 saturated heterocycles. The van der Waals surface area contributed by atoms with Gasteiger partial charge in [-0.05, 0) is 74.7 Å². The van der Waals surface area contributed by atoms with Crippen molar-refractivity contribution in [2.24, 2.45) is 17.8 Å². The number of hydrogen-bond acceptors (Lipinski definition) is 3. The number of methoxy groups -OCH3 is 1. The lowest BCUT2D eigenvalue weighted by molar-refractivity contribution is -0.125. The molecule has 1 aliphatic heterocycles. The molecule has 2 aliphatic carbocycles. The van der Waals surface area contributed by atoms with Crippen LogP contribution in [-0.4, -0.2) is 37.6 Å². The molecule has 3 fully saturated rings. The monoisotopic (exact) mass is 328 g/mol. The lowest BCUT2D eigenvalue weighted by atomic mass is 10.0. The third-order valence-corrected chi connectivity index (χ3v) is 6.14. The lowest BCUT2D eigenvalue weighted by Crippen LogP contribution is -2.39. The number of carbonyl (C=O) groups is 1. The maximum Gasteiger partial charge on any atom is 0.223 e. The molecule has 3 unspecified atom stereocenters. The highest BCUT2D eigenvalue weighted by Gasteiger charge is 2.48. The van der Waals surface area contributed by atoms with Crippen LogP contribution in [0.25, 0.3) is 0 Å². The average molecular weight is 328 g/mol. The first-order chi connectivity index (χ1) is 11.7. The zero-order chi connectivity index (χ0) is 16.5. The molecule has 2 saturated carbocycles. The van der Waals surface area contributed by atoms with Gasteiger partial charge in [0.15, 0.2) is 0 Å². The Morgan fingerprint density at radius 3 is 2.71 bits per heavy atom. The van der Waals surface area contributed by atoms with Gasteiger partial charge in [-0.3, -0.25) is 9.69 Å². The highest BCUT2D eigenvalue weighted by molar-refractivity contribution is 5.79. The van der Waals surface area contributed by atoms with Crippen molar-refractivity contribution >= 4 is 5.91 Å². The van der Waals surface area contributed by atoms with Crippen molar-refractivity contribution in [3.05, 3.63) is 29.8 Å². The lowest BCUT2D eigenvalue weighted by Gasteiger charge is -2.29. The van der Waals surface area contributed by atoms with E-state index in [1.807, 2.05) is 12.1 Å². The fourth-order valence-corrected chi connectivity index (χ4v) is 4.63. The number of ether oxygens (including phenoxy) is 1. The molecule has 0 aromatic heterocycles. The Morgan fingerprint density at radius 1 is 1.25 bits per heavy atom. The van der Waals surface area contributed by atoms with Gasteiger partial charge in [-0.25, -0.2) is 0 Å². The first-order valence-electron chi connectivity index (χ1n) is 9.40. The summed E-state index contributed by atoms with van der Waals surface area (Å²) in [6, 6.07) is 8.54. The van der Waals surface area contributed by atoms with Crippen molar-refractivity contribution in [1.82, 2.24) is 10.2 Å². The predicted octanol–water partition coefficient (Wildman–Crippen LogP) is 2.99. The molecule has 130 valence electrons. The maximum absolute atomic E-state index is 12.5. The highest BCUT2D eigenvalue weighted by Crippen LogP contribution is 2.54. The molecule has 1 amide bonds. The van der Waals surface area contributed by atoms with Crippen LogP contribution in [0.5, 0.6) is 5.75 Å². The van der Waals surface area contributed by atoms with Crippen molar-refractivity contribution in [1.29, 1.82) is 0 Å². The second-order valence-electron chi connectivity index (χ2n) is 7.70. The van der Waals surface area contributed by atoms with E-state index >= 15 is 0 Å². The van der Waals surface area contributed by atoms with Gasteiger partial charge in [-0.2, -0.15) is 0 Å². The number of nitrogens with zero attached hydrogens (tertiary/aromatic N) is 1. The summed E-state index contributed by atoms with van der Waals surface area (Å²) in [6.45, 7) is 2.94. The summed E-state index contributed by atoms with van der Waals surface area (Å²) < 4.78 is 5.39. The van der Waals surface area contributed by atoms with E-state index in [1.165, 1.54) is 24.8 Å². The van der Waals surface area contributed by atoms with Crippen molar-refractivity contribution in [2.45, 2.75) is 38.1 Å². The first-order valence-corrected chi connectivity index (χ1v) is 9.40. The maximum atomic E-state index is 12.5. The van der Waals surface area contributed by atoms with Crippen LogP contribution in [0.2, 0.25) is 0 Å². The standard InChI is InChI=1S/C20H28N2O2/c1-24-18-6-4-5-14(12-18)19(22-7-2-3-8-22)13-21-20(23)17-10-15-9-16(15)11-17/h4-6,12,15-17,19H,2-3,7-11,13H2,1H3,(H,21,23). The Hall–Kier alpha value is -1.55. The number of nitrogens with one attached hydrogen (secondary N) is 1. The average Bonchev–Trinajstić information content (AvgIpc) is 3.03. The number of amides is 1. The Kier molecular flexibility index (Phi) is 4.49. The predicted molar refractivity (Wildman–Crippen MR) is 93.9 cm³/mol. The SMILES string of the molecule is COc1cccc(C(CNC(=O)C2CC3CC3C2)N2CCCC2)c1. The van der Waals surface area contributed by atoms with E-state index in [0.29, 0.717) is 6.54 Å². The molecule has 1 aromatic rings. The van der Waals surface area contributed by atoms with E-state index in [4.69, 9.17) is 4.74 Å². The fourth-order valence-electron chi connectivity index (χ4n) is 4.63. The van der Waals surface area contributed by atoms with Gasteiger partial charge in [-0.1, -0.05) is 12.1 Å². The summed E-state index contributed by atoms with van der Waals surface area (Å²) in [5.74, 6) is 3.13. The van der Waals surface area contributed by atoms with Gasteiger partial charge in [0.25, 0.3) is 0 Å². The van der Waals surface area contributed by atoms with Crippen LogP contribution in [0.1, 0.15) is 43.7 Å². The topological polar surface area (TPSA) is 41.6 Å². The van der Waals surface area contributed by atoms with Crippen LogP contribution in [0.15, 0.2) is 24.3 Å². The smallest absolute Gasteiger partial charge is 0.223 e. The van der Waals surface area contributed by atoms with Crippen LogP contribution >= 0.6 is 0 Å². The molecule has 1 N–H and O–H groups in total. The molecule has 4 nitrogen and oxygen atoms in total. The van der Waals surface area contributed by atoms with Gasteiger partial charge in [0.1, 0.15) is 5.75 Å². The van der Waals surface area contributed by atoms with Gasteiger partial charge in [0, 0.05) is 12.5 Å². The minimum atomic E-state index is 0.252. The molecule has 24 heavy (non-hydrogen) atoms. The Balaban J connectivity index is 1.42. The summed E-state index contributed by atoms with van der Waals surface area (Å²) >= 11 is 0. The molecular formula is C20H28N2O2. The molecular weight excluding hydrogens is 300 g/mol. The second kappa shape index (κ2) is 6.75. The van der Waals surface area contributed by atoms with E-state index < -0.39 is 0 Å². The normalized spacial score (nSPS) is 30.0. The highest BCUT2D eigenvalue weighted by atomic mass is 16.5. The van der Waals surface area contributed by atoms with Crippen molar-refractivity contribution in [3.8, 4) is 5.75 Å². The summed E-state index contributed by atoms with van der Waals surface area (Å²) in [6.07, 6.45) is 6.10. The van der Waals surface area contributed by atoms with Crippen LogP contribution in [-0.2, 0) is 4.79 Å². The van der Waals surface area contributed by atoms with Crippen molar-refractivity contribution in [2.75, 3.05) is 26.7 Å². The minimum Gasteiger partial charge on any atom is -0.497 e. The zero-order valence-electron chi connectivity index (χ0n) is 14.5. The van der Waals surface area contributed by atoms with Crippen LogP contribution in [0.4, 0.5) is 0 Å². The van der Waals surface area contributed by atoms with E-state index in [2.05, 4.69) is 22.3 Å². The van der Waals surface area contributed by atoms with Gasteiger partial charge in [-0.15, -0.1) is 0 Å². The quantitative estimate of drug-likeness (QED) is 0.873. The summed E-state index contributed by atoms with van der Waals surface area (Å²) in [5.41, 5.74) is 1.24. The molecule has 0 bridgehead atoms. The van der Waals surface area contributed by atoms with Gasteiger partial charge in [0.2, 0.25) is 5.91 Å². The van der Waals surface area contributed by atoms with Crippen LogP contribution in [0.3, 0.4) is 0 Å². The molecule has 1 aromatic carbocycles. The number of fused-ring (bicyclic) bond motifs is 1. The number of rotatable bonds is 6. The Morgan fingerprint density at radius 2 is 2.00 bits per heavy atom. The molecule has 0 spiro atoms. The number of carbonyl (C=O) groups excluding carboxylic acids is 1. The second-order valence-corrected chi connectivity index (χ2v) is 7.70. The largest absolute Gasteiger partial charge is 0.497 e. The molecule has 4 heteroatoms.